The number of hydrogen-bond acceptors (Lipinski definition) is 3. The predicted molar refractivity (Wildman–Crippen MR) is 74.4 cm³/mol. The predicted octanol–water partition coefficient (Wildman–Crippen LogP) is 2.21. The zero-order valence-corrected chi connectivity index (χ0v) is 11.3. The highest BCUT2D eigenvalue weighted by Crippen LogP contribution is 2.16. The summed E-state index contributed by atoms with van der Waals surface area (Å²) < 4.78 is 4.74. The van der Waals surface area contributed by atoms with Crippen LogP contribution in [0.4, 0.5) is 10.5 Å². The van der Waals surface area contributed by atoms with E-state index in [4.69, 9.17) is 16.3 Å². The first-order chi connectivity index (χ1) is 9.04. The van der Waals surface area contributed by atoms with Crippen LogP contribution in [-0.4, -0.2) is 32.2 Å². The number of anilines is 1. The van der Waals surface area contributed by atoms with Crippen molar-refractivity contribution in [2.45, 2.75) is 0 Å². The van der Waals surface area contributed by atoms with Crippen molar-refractivity contribution >= 4 is 29.3 Å². The quantitative estimate of drug-likeness (QED) is 0.512. The van der Waals surface area contributed by atoms with Crippen molar-refractivity contribution in [3.8, 4) is 0 Å². The van der Waals surface area contributed by atoms with Crippen LogP contribution >= 0.6 is 11.6 Å². The topological polar surface area (TPSA) is 58.6 Å². The van der Waals surface area contributed by atoms with E-state index in [9.17, 15) is 9.59 Å². The molecular formula is C13H15ClN2O3. The molecule has 102 valence electrons. The average molecular weight is 283 g/mol. The molecule has 19 heavy (non-hydrogen) atoms. The van der Waals surface area contributed by atoms with Crippen LogP contribution in [0.25, 0.3) is 0 Å². The van der Waals surface area contributed by atoms with Gasteiger partial charge in [-0.15, -0.1) is 0 Å². The molecule has 1 aromatic carbocycles. The highest BCUT2D eigenvalue weighted by atomic mass is 35.5. The maximum atomic E-state index is 11.8. The Bertz CT molecular complexity index is 459. The summed E-state index contributed by atoms with van der Waals surface area (Å²) in [5, 5.41) is 3.22. The molecule has 0 aliphatic carbocycles. The first kappa shape index (κ1) is 15.0. The van der Waals surface area contributed by atoms with E-state index in [0.29, 0.717) is 10.7 Å². The number of rotatable bonds is 5. The Morgan fingerprint density at radius 1 is 1.42 bits per heavy atom. The van der Waals surface area contributed by atoms with Crippen LogP contribution in [-0.2, 0) is 9.53 Å². The van der Waals surface area contributed by atoms with Gasteiger partial charge in [0.1, 0.15) is 6.61 Å². The van der Waals surface area contributed by atoms with Crippen LogP contribution in [0.15, 0.2) is 36.9 Å². The van der Waals surface area contributed by atoms with Crippen molar-refractivity contribution in [3.63, 3.8) is 0 Å². The Morgan fingerprint density at radius 3 is 2.63 bits per heavy atom. The second-order valence-electron chi connectivity index (χ2n) is 3.64. The molecule has 0 unspecified atom stereocenters. The summed E-state index contributed by atoms with van der Waals surface area (Å²) in [6, 6.07) is 6.58. The summed E-state index contributed by atoms with van der Waals surface area (Å²) in [5.41, 5.74) is 0.713. The summed E-state index contributed by atoms with van der Waals surface area (Å²) >= 11 is 5.77. The van der Waals surface area contributed by atoms with Gasteiger partial charge in [0.15, 0.2) is 0 Å². The SMILES string of the molecule is C=CC(=O)OCCNC(=O)N(C)c1ccc(Cl)cc1. The smallest absolute Gasteiger partial charge is 0.330 e. The number of halogens is 1. The van der Waals surface area contributed by atoms with Gasteiger partial charge in [0, 0.05) is 23.8 Å². The molecule has 1 rings (SSSR count). The Morgan fingerprint density at radius 2 is 2.05 bits per heavy atom. The number of carbonyl (C=O) groups is 2. The average Bonchev–Trinajstić information content (AvgIpc) is 2.43. The molecule has 0 aliphatic rings. The summed E-state index contributed by atoms with van der Waals surface area (Å²) in [7, 11) is 1.63. The second-order valence-corrected chi connectivity index (χ2v) is 4.08. The maximum Gasteiger partial charge on any atom is 0.330 e. The van der Waals surface area contributed by atoms with E-state index in [-0.39, 0.29) is 19.2 Å². The fourth-order valence-corrected chi connectivity index (χ4v) is 1.40. The van der Waals surface area contributed by atoms with Crippen molar-refractivity contribution in [2.24, 2.45) is 0 Å². The van der Waals surface area contributed by atoms with Gasteiger partial charge >= 0.3 is 12.0 Å². The van der Waals surface area contributed by atoms with Gasteiger partial charge in [-0.25, -0.2) is 9.59 Å². The summed E-state index contributed by atoms with van der Waals surface area (Å²) in [6.07, 6.45) is 1.07. The fraction of sp³-hybridized carbons (Fsp3) is 0.231. The molecule has 0 spiro atoms. The molecular weight excluding hydrogens is 268 g/mol. The molecule has 5 nitrogen and oxygen atoms in total. The van der Waals surface area contributed by atoms with Crippen LogP contribution in [0.1, 0.15) is 0 Å². The Balaban J connectivity index is 2.38. The van der Waals surface area contributed by atoms with E-state index in [1.54, 1.807) is 31.3 Å². The Kier molecular flexibility index (Phi) is 5.89. The van der Waals surface area contributed by atoms with Crippen LogP contribution in [0.2, 0.25) is 5.02 Å². The lowest BCUT2D eigenvalue weighted by Crippen LogP contribution is -2.39. The third kappa shape index (κ3) is 5.01. The van der Waals surface area contributed by atoms with E-state index in [2.05, 4.69) is 11.9 Å². The monoisotopic (exact) mass is 282 g/mol. The number of nitrogens with one attached hydrogen (secondary N) is 1. The summed E-state index contributed by atoms with van der Waals surface area (Å²) in [6.45, 7) is 3.60. The number of ether oxygens (including phenoxy) is 1. The first-order valence-electron chi connectivity index (χ1n) is 5.61. The molecule has 1 N–H and O–H groups in total. The Hall–Kier alpha value is -2.01. The largest absolute Gasteiger partial charge is 0.461 e. The summed E-state index contributed by atoms with van der Waals surface area (Å²) in [4.78, 5) is 24.0. The number of benzene rings is 1. The third-order valence-electron chi connectivity index (χ3n) is 2.31. The maximum absolute atomic E-state index is 11.8. The molecule has 1 aromatic rings. The fourth-order valence-electron chi connectivity index (χ4n) is 1.27. The van der Waals surface area contributed by atoms with Gasteiger partial charge in [0.25, 0.3) is 0 Å². The molecule has 0 heterocycles. The van der Waals surface area contributed by atoms with E-state index >= 15 is 0 Å². The molecule has 6 heteroatoms. The van der Waals surface area contributed by atoms with E-state index in [1.807, 2.05) is 0 Å². The molecule has 0 atom stereocenters. The lowest BCUT2D eigenvalue weighted by molar-refractivity contribution is -0.137. The van der Waals surface area contributed by atoms with Crippen molar-refractivity contribution in [3.05, 3.63) is 41.9 Å². The highest BCUT2D eigenvalue weighted by Gasteiger charge is 2.09. The van der Waals surface area contributed by atoms with E-state index < -0.39 is 5.97 Å². The number of hydrogen-bond donors (Lipinski definition) is 1. The van der Waals surface area contributed by atoms with Crippen molar-refractivity contribution in [2.75, 3.05) is 25.1 Å². The van der Waals surface area contributed by atoms with Crippen LogP contribution in [0.5, 0.6) is 0 Å². The van der Waals surface area contributed by atoms with Crippen molar-refractivity contribution < 1.29 is 14.3 Å². The normalized spacial score (nSPS) is 9.58. The molecule has 0 radical (unpaired) electrons. The third-order valence-corrected chi connectivity index (χ3v) is 2.56. The molecule has 0 saturated carbocycles. The highest BCUT2D eigenvalue weighted by molar-refractivity contribution is 6.30. The van der Waals surface area contributed by atoms with Crippen LogP contribution in [0.3, 0.4) is 0 Å². The number of urea groups is 1. The van der Waals surface area contributed by atoms with Gasteiger partial charge in [0.05, 0.1) is 6.54 Å². The molecule has 0 aliphatic heterocycles. The van der Waals surface area contributed by atoms with Gasteiger partial charge in [0.2, 0.25) is 0 Å². The van der Waals surface area contributed by atoms with Gasteiger partial charge in [-0.3, -0.25) is 4.90 Å². The van der Waals surface area contributed by atoms with E-state index in [1.165, 1.54) is 4.90 Å². The molecule has 0 fully saturated rings. The van der Waals surface area contributed by atoms with E-state index in [0.717, 1.165) is 6.08 Å². The minimum absolute atomic E-state index is 0.102. The standard InChI is InChI=1S/C13H15ClN2O3/c1-3-12(17)19-9-8-15-13(18)16(2)11-6-4-10(14)5-7-11/h3-7H,1,8-9H2,2H3,(H,15,18). The number of esters is 1. The minimum atomic E-state index is -0.514. The van der Waals surface area contributed by atoms with Crippen molar-refractivity contribution in [1.29, 1.82) is 0 Å². The zero-order chi connectivity index (χ0) is 14.3. The van der Waals surface area contributed by atoms with Gasteiger partial charge < -0.3 is 10.1 Å². The number of nitrogens with zero attached hydrogens (tertiary/aromatic N) is 1. The number of carbonyl (C=O) groups excluding carboxylic acids is 2. The van der Waals surface area contributed by atoms with Gasteiger partial charge in [-0.05, 0) is 24.3 Å². The van der Waals surface area contributed by atoms with Crippen molar-refractivity contribution in [1.82, 2.24) is 5.32 Å². The lowest BCUT2D eigenvalue weighted by Gasteiger charge is -2.18. The Labute approximate surface area is 116 Å². The first-order valence-corrected chi connectivity index (χ1v) is 5.98. The molecule has 0 saturated heterocycles. The van der Waals surface area contributed by atoms with Crippen LogP contribution in [0, 0.1) is 0 Å². The number of amides is 2. The zero-order valence-electron chi connectivity index (χ0n) is 10.6. The molecule has 0 aromatic heterocycles. The van der Waals surface area contributed by atoms with Gasteiger partial charge in [-0.2, -0.15) is 0 Å². The van der Waals surface area contributed by atoms with Crippen LogP contribution < -0.4 is 10.2 Å². The lowest BCUT2D eigenvalue weighted by atomic mass is 10.3. The second kappa shape index (κ2) is 7.43. The van der Waals surface area contributed by atoms with Gasteiger partial charge in [-0.1, -0.05) is 18.2 Å². The molecule has 0 bridgehead atoms. The molecule has 2 amide bonds. The minimum Gasteiger partial charge on any atom is -0.461 e. The summed E-state index contributed by atoms with van der Waals surface area (Å²) in [5.74, 6) is -0.514.